The summed E-state index contributed by atoms with van der Waals surface area (Å²) in [5, 5.41) is 11.6. The van der Waals surface area contributed by atoms with Crippen LogP contribution in [-0.2, 0) is 9.59 Å². The molecule has 0 unspecified atom stereocenters. The molecule has 110 valence electrons. The molecule has 0 radical (unpaired) electrons. The van der Waals surface area contributed by atoms with Crippen molar-refractivity contribution in [3.8, 4) is 0 Å². The van der Waals surface area contributed by atoms with Crippen LogP contribution in [0.2, 0.25) is 0 Å². The van der Waals surface area contributed by atoms with Gasteiger partial charge in [0.1, 0.15) is 4.32 Å². The molecule has 0 aliphatic carbocycles. The molecule has 0 atom stereocenters. The van der Waals surface area contributed by atoms with Crippen LogP contribution < -0.4 is 5.11 Å². The molecule has 22 heavy (non-hydrogen) atoms. The summed E-state index contributed by atoms with van der Waals surface area (Å²) in [6.07, 6.45) is 3.37. The summed E-state index contributed by atoms with van der Waals surface area (Å²) < 4.78 is 0.221. The number of benzene rings is 1. The number of fused-ring (bicyclic) bond motifs is 1. The zero-order valence-corrected chi connectivity index (χ0v) is 12.8. The number of hydrogen-bond acceptors (Lipinski definition) is 6. The van der Waals surface area contributed by atoms with Crippen molar-refractivity contribution in [2.45, 2.75) is 0 Å². The van der Waals surface area contributed by atoms with E-state index < -0.39 is 18.4 Å². The van der Waals surface area contributed by atoms with E-state index in [1.165, 1.54) is 0 Å². The summed E-state index contributed by atoms with van der Waals surface area (Å²) in [6.45, 7) is -0.529. The molecule has 5 nitrogen and oxygen atoms in total. The van der Waals surface area contributed by atoms with Crippen molar-refractivity contribution in [1.29, 1.82) is 0 Å². The Labute approximate surface area is 135 Å². The van der Waals surface area contributed by atoms with Gasteiger partial charge >= 0.3 is 0 Å². The molecule has 1 aliphatic heterocycles. The highest BCUT2D eigenvalue weighted by molar-refractivity contribution is 8.26. The number of carboxylic acid groups (broad SMARTS) is 1. The van der Waals surface area contributed by atoms with Crippen molar-refractivity contribution in [3.05, 3.63) is 47.0 Å². The smallest absolute Gasteiger partial charge is 0.266 e. The van der Waals surface area contributed by atoms with Gasteiger partial charge in [-0.1, -0.05) is 42.2 Å². The molecule has 2 aromatic rings. The first-order valence-electron chi connectivity index (χ1n) is 6.35. The number of hydrogen-bond donors (Lipinski definition) is 0. The van der Waals surface area contributed by atoms with Gasteiger partial charge in [-0.3, -0.25) is 14.7 Å². The number of thiocarbonyl (C=S) groups is 1. The average molecular weight is 329 g/mol. The Hall–Kier alpha value is -2.25. The van der Waals surface area contributed by atoms with Crippen molar-refractivity contribution in [2.24, 2.45) is 0 Å². The summed E-state index contributed by atoms with van der Waals surface area (Å²) in [6, 6.07) is 9.37. The van der Waals surface area contributed by atoms with Gasteiger partial charge < -0.3 is 9.90 Å². The van der Waals surface area contributed by atoms with Crippen LogP contribution >= 0.6 is 24.0 Å². The zero-order chi connectivity index (χ0) is 15.7. The molecule has 1 aromatic heterocycles. The Morgan fingerprint density at radius 2 is 2.14 bits per heavy atom. The third kappa shape index (κ3) is 2.72. The second-order valence-corrected chi connectivity index (χ2v) is 6.23. The van der Waals surface area contributed by atoms with Crippen LogP contribution in [-0.4, -0.2) is 32.6 Å². The molecule has 0 spiro atoms. The molecule has 1 fully saturated rings. The Morgan fingerprint density at radius 1 is 1.36 bits per heavy atom. The number of aliphatic carboxylic acids is 1. The van der Waals surface area contributed by atoms with Gasteiger partial charge in [0.15, 0.2) is 0 Å². The first kappa shape index (κ1) is 14.7. The Balaban J connectivity index is 2.00. The fourth-order valence-corrected chi connectivity index (χ4v) is 3.40. The van der Waals surface area contributed by atoms with Crippen molar-refractivity contribution in [1.82, 2.24) is 9.88 Å². The maximum atomic E-state index is 12.2. The zero-order valence-electron chi connectivity index (χ0n) is 11.2. The van der Waals surface area contributed by atoms with Crippen LogP contribution in [0.1, 0.15) is 5.56 Å². The average Bonchev–Trinajstić information content (AvgIpc) is 2.75. The van der Waals surface area contributed by atoms with Crippen LogP contribution in [0.25, 0.3) is 17.0 Å². The number of thioether (sulfide) groups is 1. The van der Waals surface area contributed by atoms with Gasteiger partial charge in [0, 0.05) is 11.6 Å². The third-order valence-electron chi connectivity index (χ3n) is 3.13. The van der Waals surface area contributed by atoms with Crippen molar-refractivity contribution in [2.75, 3.05) is 6.54 Å². The molecule has 1 saturated heterocycles. The monoisotopic (exact) mass is 329 g/mol. The fraction of sp³-hybridized carbons (Fsp3) is 0.0667. The lowest BCUT2D eigenvalue weighted by Crippen LogP contribution is -2.40. The molecule has 0 saturated carbocycles. The Bertz CT molecular complexity index is 827. The third-order valence-corrected chi connectivity index (χ3v) is 4.51. The van der Waals surface area contributed by atoms with E-state index in [4.69, 9.17) is 12.2 Å². The lowest BCUT2D eigenvalue weighted by Gasteiger charge is -2.14. The highest BCUT2D eigenvalue weighted by Gasteiger charge is 2.31. The van der Waals surface area contributed by atoms with Crippen molar-refractivity contribution < 1.29 is 14.7 Å². The summed E-state index contributed by atoms with van der Waals surface area (Å²) in [5.41, 5.74) is 1.65. The van der Waals surface area contributed by atoms with Crippen molar-refractivity contribution in [3.63, 3.8) is 0 Å². The number of carboxylic acids is 1. The van der Waals surface area contributed by atoms with Gasteiger partial charge in [0.2, 0.25) is 0 Å². The number of nitrogens with zero attached hydrogens (tertiary/aromatic N) is 2. The van der Waals surface area contributed by atoms with Gasteiger partial charge in [0.25, 0.3) is 5.91 Å². The highest BCUT2D eigenvalue weighted by Crippen LogP contribution is 2.33. The van der Waals surface area contributed by atoms with Gasteiger partial charge in [0.05, 0.1) is 22.9 Å². The lowest BCUT2D eigenvalue weighted by atomic mass is 10.1. The second-order valence-electron chi connectivity index (χ2n) is 4.56. The van der Waals surface area contributed by atoms with E-state index in [1.807, 2.05) is 24.3 Å². The Morgan fingerprint density at radius 3 is 2.91 bits per heavy atom. The van der Waals surface area contributed by atoms with Gasteiger partial charge in [-0.15, -0.1) is 0 Å². The number of carbonyl (C=O) groups is 2. The van der Waals surface area contributed by atoms with Gasteiger partial charge in [-0.2, -0.15) is 0 Å². The van der Waals surface area contributed by atoms with Crippen LogP contribution in [0.3, 0.4) is 0 Å². The normalized spacial score (nSPS) is 16.7. The minimum Gasteiger partial charge on any atom is -0.548 e. The number of aromatic nitrogens is 1. The quantitative estimate of drug-likeness (QED) is 0.622. The van der Waals surface area contributed by atoms with Crippen LogP contribution in [0.15, 0.2) is 41.4 Å². The second kappa shape index (κ2) is 5.86. The molecule has 2 heterocycles. The summed E-state index contributed by atoms with van der Waals surface area (Å²) in [4.78, 5) is 28.6. The van der Waals surface area contributed by atoms with E-state index >= 15 is 0 Å². The van der Waals surface area contributed by atoms with Crippen LogP contribution in [0.4, 0.5) is 0 Å². The van der Waals surface area contributed by atoms with E-state index in [0.29, 0.717) is 4.91 Å². The summed E-state index contributed by atoms with van der Waals surface area (Å²) in [7, 11) is 0. The molecule has 1 aliphatic rings. The fourth-order valence-electron chi connectivity index (χ4n) is 2.15. The van der Waals surface area contributed by atoms with Gasteiger partial charge in [-0.05, 0) is 23.8 Å². The maximum absolute atomic E-state index is 12.2. The first-order valence-corrected chi connectivity index (χ1v) is 7.57. The van der Waals surface area contributed by atoms with Crippen LogP contribution in [0, 0.1) is 0 Å². The molecular weight excluding hydrogens is 320 g/mol. The number of amides is 1. The number of rotatable bonds is 3. The van der Waals surface area contributed by atoms with Crippen LogP contribution in [0.5, 0.6) is 0 Å². The molecular formula is C15H9N2O3S2-. The molecule has 0 N–H and O–H groups in total. The van der Waals surface area contributed by atoms with E-state index in [2.05, 4.69) is 4.98 Å². The van der Waals surface area contributed by atoms with E-state index in [9.17, 15) is 14.7 Å². The standard InChI is InChI=1S/C15H10N2O3S2/c18-13(19)8-17-14(20)12(22-15(17)21)7-9-5-6-16-11-4-2-1-3-10(9)11/h1-7H,8H2,(H,18,19)/p-1/b12-7-. The summed E-state index contributed by atoms with van der Waals surface area (Å²) >= 11 is 6.13. The number of pyridine rings is 1. The van der Waals surface area contributed by atoms with Crippen molar-refractivity contribution >= 4 is 57.2 Å². The topological polar surface area (TPSA) is 73.3 Å². The highest BCUT2D eigenvalue weighted by atomic mass is 32.2. The van der Waals surface area contributed by atoms with Gasteiger partial charge in [-0.25, -0.2) is 0 Å². The Kier molecular flexibility index (Phi) is 3.91. The SMILES string of the molecule is O=C([O-])CN1C(=O)/C(=C/c2ccnc3ccccc23)SC1=S. The first-order chi connectivity index (χ1) is 10.6. The molecule has 3 rings (SSSR count). The largest absolute Gasteiger partial charge is 0.548 e. The van der Waals surface area contributed by atoms with E-state index in [-0.39, 0.29) is 4.32 Å². The molecule has 0 bridgehead atoms. The minimum atomic E-state index is -1.34. The molecule has 7 heteroatoms. The molecule has 1 amide bonds. The minimum absolute atomic E-state index is 0.221. The number of carbonyl (C=O) groups excluding carboxylic acids is 2. The number of para-hydroxylation sites is 1. The molecule has 1 aromatic carbocycles. The summed E-state index contributed by atoms with van der Waals surface area (Å²) in [5.74, 6) is -1.76. The van der Waals surface area contributed by atoms with E-state index in [1.54, 1.807) is 18.3 Å². The predicted molar refractivity (Wildman–Crippen MR) is 86.6 cm³/mol. The predicted octanol–water partition coefficient (Wildman–Crippen LogP) is 1.19. The lowest BCUT2D eigenvalue weighted by molar-refractivity contribution is -0.305. The maximum Gasteiger partial charge on any atom is 0.266 e. The van der Waals surface area contributed by atoms with E-state index in [0.717, 1.165) is 33.1 Å².